The normalized spacial score (nSPS) is 10.2. The molecule has 0 saturated carbocycles. The molecule has 0 saturated heterocycles. The monoisotopic (exact) mass is 506 g/mol. The largest absolute Gasteiger partial charge is 0.493 e. The van der Waals surface area contributed by atoms with E-state index in [4.69, 9.17) is 9.47 Å². The summed E-state index contributed by atoms with van der Waals surface area (Å²) in [6, 6.07) is 14.3. The summed E-state index contributed by atoms with van der Waals surface area (Å²) in [5.41, 5.74) is 2.30. The molecule has 0 aliphatic heterocycles. The third kappa shape index (κ3) is 9.58. The van der Waals surface area contributed by atoms with Crippen LogP contribution in [0.15, 0.2) is 46.9 Å². The van der Waals surface area contributed by atoms with Crippen LogP contribution in [-0.4, -0.2) is 38.2 Å². The SMILES string of the molecule is CCN(CC)CCCNCc1cc(Br)c(OCc2ccccc2)c(OC)c1.Cl.Cl. The first-order valence-electron chi connectivity index (χ1n) is 9.64. The van der Waals surface area contributed by atoms with Crippen LogP contribution in [0.2, 0.25) is 0 Å². The van der Waals surface area contributed by atoms with Gasteiger partial charge >= 0.3 is 0 Å². The summed E-state index contributed by atoms with van der Waals surface area (Å²) < 4.78 is 12.5. The van der Waals surface area contributed by atoms with Crippen LogP contribution in [0.1, 0.15) is 31.4 Å². The third-order valence-corrected chi connectivity index (χ3v) is 5.16. The van der Waals surface area contributed by atoms with Crippen molar-refractivity contribution in [3.05, 3.63) is 58.1 Å². The van der Waals surface area contributed by atoms with Crippen molar-refractivity contribution in [3.63, 3.8) is 0 Å². The Morgan fingerprint density at radius 1 is 1.00 bits per heavy atom. The van der Waals surface area contributed by atoms with Crippen molar-refractivity contribution in [1.82, 2.24) is 10.2 Å². The number of nitrogens with one attached hydrogen (secondary N) is 1. The predicted molar refractivity (Wildman–Crippen MR) is 130 cm³/mol. The van der Waals surface area contributed by atoms with Gasteiger partial charge in [0.25, 0.3) is 0 Å². The molecule has 0 aliphatic carbocycles. The Hall–Kier alpha value is -0.980. The number of rotatable bonds is 12. The summed E-state index contributed by atoms with van der Waals surface area (Å²) >= 11 is 3.63. The summed E-state index contributed by atoms with van der Waals surface area (Å²) in [4.78, 5) is 2.44. The Morgan fingerprint density at radius 3 is 2.31 bits per heavy atom. The molecule has 164 valence electrons. The van der Waals surface area contributed by atoms with Crippen molar-refractivity contribution in [1.29, 1.82) is 0 Å². The molecule has 0 fully saturated rings. The van der Waals surface area contributed by atoms with Gasteiger partial charge in [-0.2, -0.15) is 0 Å². The van der Waals surface area contributed by atoms with Gasteiger partial charge in [-0.05, 0) is 71.8 Å². The van der Waals surface area contributed by atoms with Gasteiger partial charge in [0.2, 0.25) is 0 Å². The van der Waals surface area contributed by atoms with Gasteiger partial charge in [-0.25, -0.2) is 0 Å². The summed E-state index contributed by atoms with van der Waals surface area (Å²) in [5.74, 6) is 1.49. The molecule has 0 atom stereocenters. The smallest absolute Gasteiger partial charge is 0.175 e. The van der Waals surface area contributed by atoms with E-state index in [1.807, 2.05) is 24.3 Å². The molecular formula is C22H33BrCl2N2O2. The first-order valence-corrected chi connectivity index (χ1v) is 10.4. The Morgan fingerprint density at radius 2 is 1.69 bits per heavy atom. The van der Waals surface area contributed by atoms with E-state index < -0.39 is 0 Å². The number of halogens is 3. The fourth-order valence-corrected chi connectivity index (χ4v) is 3.55. The quantitative estimate of drug-likeness (QED) is 0.373. The van der Waals surface area contributed by atoms with Crippen LogP contribution < -0.4 is 14.8 Å². The van der Waals surface area contributed by atoms with Crippen LogP contribution in [0.3, 0.4) is 0 Å². The predicted octanol–water partition coefficient (Wildman–Crippen LogP) is 5.70. The lowest BCUT2D eigenvalue weighted by molar-refractivity contribution is 0.282. The molecule has 0 amide bonds. The highest BCUT2D eigenvalue weighted by atomic mass is 79.9. The van der Waals surface area contributed by atoms with Crippen LogP contribution in [-0.2, 0) is 13.2 Å². The Bertz CT molecular complexity index is 686. The summed E-state index contributed by atoms with van der Waals surface area (Å²) in [6.45, 7) is 10.1. The second-order valence-electron chi connectivity index (χ2n) is 6.44. The van der Waals surface area contributed by atoms with Crippen LogP contribution in [0.25, 0.3) is 0 Å². The molecule has 7 heteroatoms. The maximum Gasteiger partial charge on any atom is 0.175 e. The molecule has 29 heavy (non-hydrogen) atoms. The minimum atomic E-state index is 0. The third-order valence-electron chi connectivity index (χ3n) is 4.57. The average molecular weight is 508 g/mol. The van der Waals surface area contributed by atoms with E-state index in [1.54, 1.807) is 7.11 Å². The number of methoxy groups -OCH3 is 1. The molecular weight excluding hydrogens is 475 g/mol. The van der Waals surface area contributed by atoms with Gasteiger partial charge in [0.1, 0.15) is 6.61 Å². The number of nitrogens with zero attached hydrogens (tertiary/aromatic N) is 1. The van der Waals surface area contributed by atoms with Crippen molar-refractivity contribution in [3.8, 4) is 11.5 Å². The molecule has 4 nitrogen and oxygen atoms in total. The van der Waals surface area contributed by atoms with Gasteiger partial charge in [-0.1, -0.05) is 44.2 Å². The zero-order chi connectivity index (χ0) is 19.5. The van der Waals surface area contributed by atoms with Gasteiger partial charge in [0, 0.05) is 6.54 Å². The molecule has 0 unspecified atom stereocenters. The maximum absolute atomic E-state index is 6.00. The van der Waals surface area contributed by atoms with Crippen LogP contribution in [0.4, 0.5) is 0 Å². The van der Waals surface area contributed by atoms with Gasteiger partial charge in [0.15, 0.2) is 11.5 Å². The summed E-state index contributed by atoms with van der Waals surface area (Å²) in [5, 5.41) is 3.52. The molecule has 2 rings (SSSR count). The standard InChI is InChI=1S/C22H31BrN2O2.2ClH/c1-4-25(5-2)13-9-12-24-16-19-14-20(23)22(21(15-19)26-3)27-17-18-10-7-6-8-11-18;;/h6-8,10-11,14-15,24H,4-5,9,12-13,16-17H2,1-3H3;2*1H. The highest BCUT2D eigenvalue weighted by Crippen LogP contribution is 2.37. The van der Waals surface area contributed by atoms with E-state index in [0.29, 0.717) is 6.61 Å². The number of ether oxygens (including phenoxy) is 2. The summed E-state index contributed by atoms with van der Waals surface area (Å²) in [7, 11) is 1.68. The number of hydrogen-bond donors (Lipinski definition) is 1. The van der Waals surface area contributed by atoms with E-state index in [0.717, 1.165) is 60.7 Å². The molecule has 2 aromatic carbocycles. The molecule has 2 aromatic rings. The van der Waals surface area contributed by atoms with Gasteiger partial charge in [-0.3, -0.25) is 0 Å². The fourth-order valence-electron chi connectivity index (χ4n) is 2.95. The number of hydrogen-bond acceptors (Lipinski definition) is 4. The molecule has 0 spiro atoms. The number of benzene rings is 2. The maximum atomic E-state index is 6.00. The van der Waals surface area contributed by atoms with Gasteiger partial charge in [0.05, 0.1) is 11.6 Å². The highest BCUT2D eigenvalue weighted by Gasteiger charge is 2.12. The first kappa shape index (κ1) is 28.0. The van der Waals surface area contributed by atoms with E-state index in [9.17, 15) is 0 Å². The molecule has 0 radical (unpaired) electrons. The summed E-state index contributed by atoms with van der Waals surface area (Å²) in [6.07, 6.45) is 1.15. The minimum absolute atomic E-state index is 0. The Labute approximate surface area is 196 Å². The molecule has 0 aliphatic rings. The second kappa shape index (κ2) is 15.8. The van der Waals surface area contributed by atoms with Crippen molar-refractivity contribution >= 4 is 40.7 Å². The van der Waals surface area contributed by atoms with E-state index in [-0.39, 0.29) is 24.8 Å². The van der Waals surface area contributed by atoms with Crippen LogP contribution in [0, 0.1) is 0 Å². The second-order valence-corrected chi connectivity index (χ2v) is 7.29. The van der Waals surface area contributed by atoms with Crippen LogP contribution >= 0.6 is 40.7 Å². The lowest BCUT2D eigenvalue weighted by Crippen LogP contribution is -2.27. The average Bonchev–Trinajstić information content (AvgIpc) is 2.70. The topological polar surface area (TPSA) is 33.7 Å². The zero-order valence-electron chi connectivity index (χ0n) is 17.4. The fraction of sp³-hybridized carbons (Fsp3) is 0.455. The van der Waals surface area contributed by atoms with Crippen molar-refractivity contribution in [2.45, 2.75) is 33.4 Å². The lowest BCUT2D eigenvalue weighted by atomic mass is 10.2. The minimum Gasteiger partial charge on any atom is -0.493 e. The van der Waals surface area contributed by atoms with Crippen molar-refractivity contribution in [2.75, 3.05) is 33.3 Å². The molecule has 0 aromatic heterocycles. The Kier molecular flexibility index (Phi) is 15.3. The van der Waals surface area contributed by atoms with E-state index in [2.05, 4.69) is 58.2 Å². The van der Waals surface area contributed by atoms with E-state index in [1.165, 1.54) is 5.56 Å². The Balaban J connectivity index is 0.00000392. The van der Waals surface area contributed by atoms with Crippen molar-refractivity contribution < 1.29 is 9.47 Å². The van der Waals surface area contributed by atoms with Crippen LogP contribution in [0.5, 0.6) is 11.5 Å². The molecule has 0 heterocycles. The first-order chi connectivity index (χ1) is 13.2. The van der Waals surface area contributed by atoms with Crippen molar-refractivity contribution in [2.24, 2.45) is 0 Å². The van der Waals surface area contributed by atoms with E-state index >= 15 is 0 Å². The van der Waals surface area contributed by atoms with Gasteiger partial charge < -0.3 is 19.7 Å². The zero-order valence-corrected chi connectivity index (χ0v) is 20.7. The highest BCUT2D eigenvalue weighted by molar-refractivity contribution is 9.10. The van der Waals surface area contributed by atoms with Gasteiger partial charge in [-0.15, -0.1) is 24.8 Å². The molecule has 1 N–H and O–H groups in total. The molecule has 0 bridgehead atoms. The lowest BCUT2D eigenvalue weighted by Gasteiger charge is -2.18.